The van der Waals surface area contributed by atoms with Crippen molar-refractivity contribution in [1.82, 2.24) is 9.88 Å². The second-order valence-corrected chi connectivity index (χ2v) is 7.24. The van der Waals surface area contributed by atoms with Crippen LogP contribution >= 0.6 is 0 Å². The van der Waals surface area contributed by atoms with E-state index < -0.39 is 5.60 Å². The number of aromatic nitrogens is 1. The van der Waals surface area contributed by atoms with Gasteiger partial charge in [-0.1, -0.05) is 0 Å². The molecule has 0 spiro atoms. The number of pyridine rings is 1. The monoisotopic (exact) mass is 333 g/mol. The molecule has 2 amide bonds. The molecule has 1 fully saturated rings. The summed E-state index contributed by atoms with van der Waals surface area (Å²) in [5.74, 6) is 0.487. The Morgan fingerprint density at radius 3 is 2.62 bits per heavy atom. The van der Waals surface area contributed by atoms with Gasteiger partial charge in [0.15, 0.2) is 0 Å². The van der Waals surface area contributed by atoms with Crippen LogP contribution < -0.4 is 5.32 Å². The molecule has 1 N–H and O–H groups in total. The standard InChI is InChI=1S/C18H27N3O3/c1-18(2,3)24-17(23)21-11-8-14(9-12-21)6-7-16(22)20-15-5-4-10-19-13-15/h4-5,10,13-14H,6-9,11-12H2,1-3H3,(H,20,22). The van der Waals surface area contributed by atoms with Crippen molar-refractivity contribution in [3.63, 3.8) is 0 Å². The van der Waals surface area contributed by atoms with Gasteiger partial charge in [-0.25, -0.2) is 4.79 Å². The van der Waals surface area contributed by atoms with Crippen LogP contribution in [-0.2, 0) is 9.53 Å². The summed E-state index contributed by atoms with van der Waals surface area (Å²) in [6, 6.07) is 3.62. The van der Waals surface area contributed by atoms with Crippen molar-refractivity contribution in [2.45, 2.75) is 52.1 Å². The Morgan fingerprint density at radius 2 is 2.04 bits per heavy atom. The molecule has 0 aliphatic carbocycles. The fraction of sp³-hybridized carbons (Fsp3) is 0.611. The third-order valence-corrected chi connectivity index (χ3v) is 3.99. The lowest BCUT2D eigenvalue weighted by Gasteiger charge is -2.33. The lowest BCUT2D eigenvalue weighted by Crippen LogP contribution is -2.41. The van der Waals surface area contributed by atoms with E-state index >= 15 is 0 Å². The maximum atomic E-state index is 12.0. The molecule has 132 valence electrons. The van der Waals surface area contributed by atoms with Gasteiger partial charge in [0.1, 0.15) is 5.60 Å². The molecule has 24 heavy (non-hydrogen) atoms. The fourth-order valence-corrected chi connectivity index (χ4v) is 2.73. The molecule has 1 aromatic rings. The van der Waals surface area contributed by atoms with Gasteiger partial charge in [-0.2, -0.15) is 0 Å². The SMILES string of the molecule is CC(C)(C)OC(=O)N1CCC(CCC(=O)Nc2cccnc2)CC1. The minimum Gasteiger partial charge on any atom is -0.444 e. The number of ether oxygens (including phenoxy) is 1. The molecule has 0 atom stereocenters. The van der Waals surface area contributed by atoms with E-state index in [2.05, 4.69) is 10.3 Å². The molecular weight excluding hydrogens is 306 g/mol. The lowest BCUT2D eigenvalue weighted by atomic mass is 9.92. The first-order chi connectivity index (χ1) is 11.3. The summed E-state index contributed by atoms with van der Waals surface area (Å²) in [4.78, 5) is 29.7. The highest BCUT2D eigenvalue weighted by atomic mass is 16.6. The van der Waals surface area contributed by atoms with Crippen molar-refractivity contribution >= 4 is 17.7 Å². The number of nitrogens with one attached hydrogen (secondary N) is 1. The van der Waals surface area contributed by atoms with Crippen LogP contribution in [0.25, 0.3) is 0 Å². The van der Waals surface area contributed by atoms with Crippen LogP contribution in [0.1, 0.15) is 46.5 Å². The minimum absolute atomic E-state index is 0.0116. The average molecular weight is 333 g/mol. The molecule has 1 aliphatic heterocycles. The quantitative estimate of drug-likeness (QED) is 0.916. The highest BCUT2D eigenvalue weighted by molar-refractivity contribution is 5.90. The Hall–Kier alpha value is -2.11. The Balaban J connectivity index is 1.68. The van der Waals surface area contributed by atoms with E-state index in [-0.39, 0.29) is 12.0 Å². The summed E-state index contributed by atoms with van der Waals surface area (Å²) in [5.41, 5.74) is 0.264. The smallest absolute Gasteiger partial charge is 0.410 e. The first-order valence-corrected chi connectivity index (χ1v) is 8.51. The van der Waals surface area contributed by atoms with E-state index in [4.69, 9.17) is 4.74 Å². The summed E-state index contributed by atoms with van der Waals surface area (Å²) >= 11 is 0. The molecule has 0 bridgehead atoms. The number of hydrogen-bond acceptors (Lipinski definition) is 4. The number of rotatable bonds is 4. The number of piperidine rings is 1. The second kappa shape index (κ2) is 8.13. The zero-order valence-corrected chi connectivity index (χ0v) is 14.7. The summed E-state index contributed by atoms with van der Waals surface area (Å²) in [6.45, 7) is 7.02. The average Bonchev–Trinajstić information content (AvgIpc) is 2.53. The Bertz CT molecular complexity index is 546. The van der Waals surface area contributed by atoms with E-state index in [0.717, 1.165) is 24.9 Å². The van der Waals surface area contributed by atoms with Crippen LogP contribution in [0, 0.1) is 5.92 Å². The predicted molar refractivity (Wildman–Crippen MR) is 92.6 cm³/mol. The molecule has 2 heterocycles. The van der Waals surface area contributed by atoms with Crippen molar-refractivity contribution in [2.24, 2.45) is 5.92 Å². The van der Waals surface area contributed by atoms with E-state index in [1.54, 1.807) is 23.4 Å². The van der Waals surface area contributed by atoms with Crippen molar-refractivity contribution < 1.29 is 14.3 Å². The highest BCUT2D eigenvalue weighted by Gasteiger charge is 2.26. The van der Waals surface area contributed by atoms with E-state index in [1.165, 1.54) is 0 Å². The maximum Gasteiger partial charge on any atom is 0.410 e. The number of amides is 2. The number of anilines is 1. The number of likely N-dealkylation sites (tertiary alicyclic amines) is 1. The van der Waals surface area contributed by atoms with Crippen LogP contribution in [0.3, 0.4) is 0 Å². The number of nitrogens with zero attached hydrogens (tertiary/aromatic N) is 2. The molecule has 6 nitrogen and oxygen atoms in total. The largest absolute Gasteiger partial charge is 0.444 e. The molecule has 0 saturated carbocycles. The molecule has 2 rings (SSSR count). The molecule has 1 saturated heterocycles. The minimum atomic E-state index is -0.460. The van der Waals surface area contributed by atoms with Crippen LogP contribution in [0.2, 0.25) is 0 Å². The van der Waals surface area contributed by atoms with Crippen LogP contribution in [-0.4, -0.2) is 40.6 Å². The first kappa shape index (κ1) is 18.2. The summed E-state index contributed by atoms with van der Waals surface area (Å²) in [7, 11) is 0. The van der Waals surface area contributed by atoms with Crippen molar-refractivity contribution in [3.05, 3.63) is 24.5 Å². The first-order valence-electron chi connectivity index (χ1n) is 8.51. The van der Waals surface area contributed by atoms with Gasteiger partial charge in [0.05, 0.1) is 11.9 Å². The van der Waals surface area contributed by atoms with Gasteiger partial charge in [-0.3, -0.25) is 9.78 Å². The fourth-order valence-electron chi connectivity index (χ4n) is 2.73. The van der Waals surface area contributed by atoms with Crippen molar-refractivity contribution in [2.75, 3.05) is 18.4 Å². The van der Waals surface area contributed by atoms with Gasteiger partial charge in [0.25, 0.3) is 0 Å². The van der Waals surface area contributed by atoms with Crippen LogP contribution in [0.5, 0.6) is 0 Å². The molecular formula is C18H27N3O3. The zero-order valence-electron chi connectivity index (χ0n) is 14.7. The number of carbonyl (C=O) groups excluding carboxylic acids is 2. The van der Waals surface area contributed by atoms with Crippen molar-refractivity contribution in [1.29, 1.82) is 0 Å². The maximum absolute atomic E-state index is 12.0. The summed E-state index contributed by atoms with van der Waals surface area (Å²) in [6.07, 6.45) is 6.24. The second-order valence-electron chi connectivity index (χ2n) is 7.24. The Labute approximate surface area is 143 Å². The normalized spacial score (nSPS) is 15.9. The van der Waals surface area contributed by atoms with Crippen LogP contribution in [0.15, 0.2) is 24.5 Å². The summed E-state index contributed by atoms with van der Waals surface area (Å²) in [5, 5.41) is 2.85. The lowest BCUT2D eigenvalue weighted by molar-refractivity contribution is -0.116. The third-order valence-electron chi connectivity index (χ3n) is 3.99. The van der Waals surface area contributed by atoms with E-state index in [9.17, 15) is 9.59 Å². The van der Waals surface area contributed by atoms with Gasteiger partial charge in [-0.05, 0) is 58.1 Å². The predicted octanol–water partition coefficient (Wildman–Crippen LogP) is 3.45. The highest BCUT2D eigenvalue weighted by Crippen LogP contribution is 2.23. The summed E-state index contributed by atoms with van der Waals surface area (Å²) < 4.78 is 5.39. The number of hydrogen-bond donors (Lipinski definition) is 1. The molecule has 0 aromatic carbocycles. The molecule has 1 aliphatic rings. The van der Waals surface area contributed by atoms with E-state index in [0.29, 0.717) is 25.4 Å². The molecule has 6 heteroatoms. The van der Waals surface area contributed by atoms with Crippen LogP contribution in [0.4, 0.5) is 10.5 Å². The molecule has 0 unspecified atom stereocenters. The number of carbonyl (C=O) groups is 2. The van der Waals surface area contributed by atoms with Gasteiger partial charge >= 0.3 is 6.09 Å². The van der Waals surface area contributed by atoms with E-state index in [1.807, 2.05) is 26.8 Å². The Kier molecular flexibility index (Phi) is 6.17. The molecule has 1 aromatic heterocycles. The third kappa shape index (κ3) is 6.18. The van der Waals surface area contributed by atoms with Gasteiger partial charge in [0.2, 0.25) is 5.91 Å². The molecule has 0 radical (unpaired) electrons. The topological polar surface area (TPSA) is 71.5 Å². The zero-order chi connectivity index (χ0) is 17.6. The Morgan fingerprint density at radius 1 is 1.33 bits per heavy atom. The van der Waals surface area contributed by atoms with Gasteiger partial charge < -0.3 is 15.0 Å². The van der Waals surface area contributed by atoms with Crippen molar-refractivity contribution in [3.8, 4) is 0 Å². The van der Waals surface area contributed by atoms with Gasteiger partial charge in [0, 0.05) is 25.7 Å². The van der Waals surface area contributed by atoms with Gasteiger partial charge in [-0.15, -0.1) is 0 Å².